The third kappa shape index (κ3) is 3.77. The topological polar surface area (TPSA) is 0 Å². The van der Waals surface area contributed by atoms with Crippen LogP contribution in [0.3, 0.4) is 0 Å². The van der Waals surface area contributed by atoms with Gasteiger partial charge in [-0.1, -0.05) is 84.3 Å². The maximum absolute atomic E-state index is 3.38. The smallest absolute Gasteiger partial charge is 0.0357 e. The Bertz CT molecular complexity index is 1210. The standard InChI is InChI=1S/C27H18/c1-21-15-19-26-24(18-16-22-9-4-2-5-10-22)13-8-14-27(26)25(21)20-17-23-11-6-3-7-12-23/h2-15,19H,1H3. The predicted molar refractivity (Wildman–Crippen MR) is 114 cm³/mol. The summed E-state index contributed by atoms with van der Waals surface area (Å²) in [7, 11) is 0. The Hall–Kier alpha value is -3.74. The van der Waals surface area contributed by atoms with Gasteiger partial charge in [-0.15, -0.1) is 0 Å². The highest BCUT2D eigenvalue weighted by Crippen LogP contribution is 2.24. The van der Waals surface area contributed by atoms with Crippen LogP contribution in [0.15, 0.2) is 91.0 Å². The van der Waals surface area contributed by atoms with Crippen molar-refractivity contribution in [2.45, 2.75) is 6.92 Å². The van der Waals surface area contributed by atoms with Crippen LogP contribution in [0, 0.1) is 30.6 Å². The number of rotatable bonds is 0. The van der Waals surface area contributed by atoms with Crippen molar-refractivity contribution in [3.63, 3.8) is 0 Å². The summed E-state index contributed by atoms with van der Waals surface area (Å²) in [6, 6.07) is 30.7. The Morgan fingerprint density at radius 3 is 1.78 bits per heavy atom. The first kappa shape index (κ1) is 16.7. The van der Waals surface area contributed by atoms with E-state index < -0.39 is 0 Å². The monoisotopic (exact) mass is 342 g/mol. The molecule has 0 saturated carbocycles. The van der Waals surface area contributed by atoms with Crippen molar-refractivity contribution in [1.82, 2.24) is 0 Å². The van der Waals surface area contributed by atoms with Crippen molar-refractivity contribution in [3.8, 4) is 23.7 Å². The summed E-state index contributed by atoms with van der Waals surface area (Å²) >= 11 is 0. The van der Waals surface area contributed by atoms with Crippen molar-refractivity contribution < 1.29 is 0 Å². The number of benzene rings is 4. The molecule has 0 heterocycles. The fraction of sp³-hybridized carbons (Fsp3) is 0.0370. The van der Waals surface area contributed by atoms with Gasteiger partial charge in [0.15, 0.2) is 0 Å². The van der Waals surface area contributed by atoms with Crippen LogP contribution in [0.2, 0.25) is 0 Å². The molecule has 0 atom stereocenters. The molecule has 0 saturated heterocycles. The number of hydrogen-bond acceptors (Lipinski definition) is 0. The van der Waals surface area contributed by atoms with Gasteiger partial charge in [-0.25, -0.2) is 0 Å². The normalized spacial score (nSPS) is 9.81. The zero-order valence-corrected chi connectivity index (χ0v) is 15.2. The Morgan fingerprint density at radius 2 is 1.11 bits per heavy atom. The number of aryl methyl sites for hydroxylation is 1. The molecule has 0 spiro atoms. The predicted octanol–water partition coefficient (Wildman–Crippen LogP) is 5.95. The van der Waals surface area contributed by atoms with E-state index in [2.05, 4.69) is 60.9 Å². The largest absolute Gasteiger partial charge is 0.0622 e. The highest BCUT2D eigenvalue weighted by Gasteiger charge is 2.05. The molecule has 0 aromatic heterocycles. The number of hydrogen-bond donors (Lipinski definition) is 0. The quantitative estimate of drug-likeness (QED) is 0.347. The van der Waals surface area contributed by atoms with Gasteiger partial charge in [-0.3, -0.25) is 0 Å². The van der Waals surface area contributed by atoms with Crippen LogP contribution in [0.4, 0.5) is 0 Å². The Kier molecular flexibility index (Phi) is 4.74. The van der Waals surface area contributed by atoms with Crippen LogP contribution in [-0.2, 0) is 0 Å². The minimum Gasteiger partial charge on any atom is -0.0622 e. The third-order valence-corrected chi connectivity index (χ3v) is 4.49. The highest BCUT2D eigenvalue weighted by atomic mass is 14.1. The van der Waals surface area contributed by atoms with E-state index in [9.17, 15) is 0 Å². The average molecular weight is 342 g/mol. The lowest BCUT2D eigenvalue weighted by atomic mass is 9.96. The van der Waals surface area contributed by atoms with Crippen LogP contribution < -0.4 is 0 Å². The maximum Gasteiger partial charge on any atom is 0.0357 e. The van der Waals surface area contributed by atoms with Gasteiger partial charge in [0.1, 0.15) is 0 Å². The van der Waals surface area contributed by atoms with Crippen molar-refractivity contribution in [2.75, 3.05) is 0 Å². The summed E-state index contributed by atoms with van der Waals surface area (Å²) in [6.07, 6.45) is 0. The zero-order valence-electron chi connectivity index (χ0n) is 15.2. The second-order valence-electron chi connectivity index (χ2n) is 6.39. The van der Waals surface area contributed by atoms with Crippen LogP contribution in [0.1, 0.15) is 27.8 Å². The minimum atomic E-state index is 1.02. The fourth-order valence-corrected chi connectivity index (χ4v) is 3.06. The molecule has 126 valence electrons. The van der Waals surface area contributed by atoms with Crippen LogP contribution >= 0.6 is 0 Å². The van der Waals surface area contributed by atoms with E-state index in [-0.39, 0.29) is 0 Å². The van der Waals surface area contributed by atoms with Crippen molar-refractivity contribution >= 4 is 10.8 Å². The first-order chi connectivity index (χ1) is 13.3. The second kappa shape index (κ2) is 7.65. The molecule has 4 aromatic carbocycles. The lowest BCUT2D eigenvalue weighted by Gasteiger charge is -2.06. The summed E-state index contributed by atoms with van der Waals surface area (Å²) in [5.74, 6) is 13.2. The molecule has 0 heteroatoms. The fourth-order valence-electron chi connectivity index (χ4n) is 3.06. The average Bonchev–Trinajstić information content (AvgIpc) is 2.73. The van der Waals surface area contributed by atoms with E-state index in [0.29, 0.717) is 0 Å². The van der Waals surface area contributed by atoms with E-state index in [1.165, 1.54) is 5.56 Å². The molecule has 0 N–H and O–H groups in total. The van der Waals surface area contributed by atoms with Crippen molar-refractivity contribution in [3.05, 3.63) is 119 Å². The number of fused-ring (bicyclic) bond motifs is 1. The summed E-state index contributed by atoms with van der Waals surface area (Å²) < 4.78 is 0. The summed E-state index contributed by atoms with van der Waals surface area (Å²) in [5, 5.41) is 2.29. The van der Waals surface area contributed by atoms with E-state index in [4.69, 9.17) is 0 Å². The molecular formula is C27H18. The van der Waals surface area contributed by atoms with E-state index in [1.54, 1.807) is 0 Å². The molecular weight excluding hydrogens is 324 g/mol. The van der Waals surface area contributed by atoms with Gasteiger partial charge in [0, 0.05) is 22.3 Å². The maximum atomic E-state index is 3.38. The molecule has 0 nitrogen and oxygen atoms in total. The lowest BCUT2D eigenvalue weighted by molar-refractivity contribution is 1.47. The molecule has 4 rings (SSSR count). The van der Waals surface area contributed by atoms with Gasteiger partial charge >= 0.3 is 0 Å². The Morgan fingerprint density at radius 1 is 0.481 bits per heavy atom. The molecule has 4 aromatic rings. The molecule has 27 heavy (non-hydrogen) atoms. The van der Waals surface area contributed by atoms with Gasteiger partial charge in [0.05, 0.1) is 0 Å². The molecule has 0 radical (unpaired) electrons. The highest BCUT2D eigenvalue weighted by molar-refractivity contribution is 5.93. The van der Waals surface area contributed by atoms with E-state index in [1.807, 2.05) is 60.7 Å². The molecule has 0 aliphatic carbocycles. The molecule has 0 aliphatic rings. The van der Waals surface area contributed by atoms with Crippen molar-refractivity contribution in [2.24, 2.45) is 0 Å². The van der Waals surface area contributed by atoms with Crippen LogP contribution in [-0.4, -0.2) is 0 Å². The molecule has 0 fully saturated rings. The first-order valence-corrected chi connectivity index (χ1v) is 8.98. The summed E-state index contributed by atoms with van der Waals surface area (Å²) in [4.78, 5) is 0. The zero-order chi connectivity index (χ0) is 18.5. The second-order valence-corrected chi connectivity index (χ2v) is 6.39. The Labute approximate surface area is 160 Å². The molecule has 0 bridgehead atoms. The Balaban J connectivity index is 1.82. The lowest BCUT2D eigenvalue weighted by Crippen LogP contribution is -1.88. The van der Waals surface area contributed by atoms with Gasteiger partial charge in [-0.05, 0) is 53.6 Å². The van der Waals surface area contributed by atoms with Gasteiger partial charge in [-0.2, -0.15) is 0 Å². The van der Waals surface area contributed by atoms with Crippen LogP contribution in [0.25, 0.3) is 10.8 Å². The summed E-state index contributed by atoms with van der Waals surface area (Å²) in [6.45, 7) is 2.11. The SMILES string of the molecule is Cc1ccc2c(C#Cc3ccccc3)cccc2c1C#Cc1ccccc1. The van der Waals surface area contributed by atoms with Gasteiger partial charge in [0.25, 0.3) is 0 Å². The molecule has 0 amide bonds. The molecule has 0 aliphatic heterocycles. The summed E-state index contributed by atoms with van der Waals surface area (Å²) in [5.41, 5.74) is 5.32. The minimum absolute atomic E-state index is 1.02. The van der Waals surface area contributed by atoms with Gasteiger partial charge < -0.3 is 0 Å². The van der Waals surface area contributed by atoms with E-state index >= 15 is 0 Å². The third-order valence-electron chi connectivity index (χ3n) is 4.49. The van der Waals surface area contributed by atoms with Crippen LogP contribution in [0.5, 0.6) is 0 Å². The van der Waals surface area contributed by atoms with Crippen molar-refractivity contribution in [1.29, 1.82) is 0 Å². The van der Waals surface area contributed by atoms with Gasteiger partial charge in [0.2, 0.25) is 0 Å². The van der Waals surface area contributed by atoms with E-state index in [0.717, 1.165) is 33.0 Å². The molecule has 0 unspecified atom stereocenters. The first-order valence-electron chi connectivity index (χ1n) is 8.98.